The fourth-order valence-corrected chi connectivity index (χ4v) is 3.84. The molecule has 0 saturated heterocycles. The van der Waals surface area contributed by atoms with E-state index >= 15 is 0 Å². The average molecular weight is 420 g/mol. The maximum Gasteiger partial charge on any atom is 0.319 e. The van der Waals surface area contributed by atoms with Crippen LogP contribution in [0, 0.1) is 6.92 Å². The maximum absolute atomic E-state index is 12.3. The SMILES string of the molecule is Cc1ccc(C(CCNC2CCC2)CNC(=O)Nc2cc(Cl)cc(Cl)c2)cc1. The van der Waals surface area contributed by atoms with E-state index < -0.39 is 0 Å². The molecule has 0 heterocycles. The van der Waals surface area contributed by atoms with E-state index in [0.29, 0.717) is 28.3 Å². The Kier molecular flexibility index (Phi) is 7.60. The quantitative estimate of drug-likeness (QED) is 0.510. The molecular weight excluding hydrogens is 393 g/mol. The summed E-state index contributed by atoms with van der Waals surface area (Å²) in [6.45, 7) is 3.60. The number of rotatable bonds is 8. The lowest BCUT2D eigenvalue weighted by Gasteiger charge is -2.27. The van der Waals surface area contributed by atoms with Gasteiger partial charge in [0, 0.05) is 34.2 Å². The Labute approximate surface area is 177 Å². The maximum atomic E-state index is 12.3. The molecule has 6 heteroatoms. The average Bonchev–Trinajstić information content (AvgIpc) is 2.59. The van der Waals surface area contributed by atoms with Gasteiger partial charge in [-0.15, -0.1) is 0 Å². The molecule has 2 amide bonds. The number of carbonyl (C=O) groups is 1. The summed E-state index contributed by atoms with van der Waals surface area (Å²) in [6, 6.07) is 13.9. The highest BCUT2D eigenvalue weighted by molar-refractivity contribution is 6.35. The Bertz CT molecular complexity index is 771. The van der Waals surface area contributed by atoms with E-state index in [-0.39, 0.29) is 11.9 Å². The molecular formula is C22H27Cl2N3O. The minimum absolute atomic E-state index is 0.252. The van der Waals surface area contributed by atoms with E-state index in [1.165, 1.54) is 30.4 Å². The third-order valence-electron chi connectivity index (χ3n) is 5.21. The lowest BCUT2D eigenvalue weighted by molar-refractivity contribution is 0.251. The van der Waals surface area contributed by atoms with Crippen LogP contribution in [0.25, 0.3) is 0 Å². The van der Waals surface area contributed by atoms with Gasteiger partial charge < -0.3 is 16.0 Å². The van der Waals surface area contributed by atoms with Crippen LogP contribution in [0.1, 0.15) is 42.7 Å². The minimum Gasteiger partial charge on any atom is -0.337 e. The van der Waals surface area contributed by atoms with Crippen molar-refractivity contribution in [1.29, 1.82) is 0 Å². The molecule has 1 saturated carbocycles. The zero-order valence-electron chi connectivity index (χ0n) is 16.1. The van der Waals surface area contributed by atoms with Crippen LogP contribution in [0.5, 0.6) is 0 Å². The molecule has 2 aromatic rings. The molecule has 1 aliphatic carbocycles. The van der Waals surface area contributed by atoms with Gasteiger partial charge in [0.2, 0.25) is 0 Å². The number of urea groups is 1. The van der Waals surface area contributed by atoms with Crippen LogP contribution in [-0.2, 0) is 0 Å². The largest absolute Gasteiger partial charge is 0.337 e. The van der Waals surface area contributed by atoms with E-state index in [1.807, 2.05) is 0 Å². The first kappa shape index (κ1) is 21.0. The van der Waals surface area contributed by atoms with Gasteiger partial charge in [0.05, 0.1) is 0 Å². The van der Waals surface area contributed by atoms with Gasteiger partial charge in [-0.3, -0.25) is 0 Å². The Morgan fingerprint density at radius 3 is 2.39 bits per heavy atom. The summed E-state index contributed by atoms with van der Waals surface area (Å²) in [5, 5.41) is 10.4. The minimum atomic E-state index is -0.262. The van der Waals surface area contributed by atoms with Gasteiger partial charge in [0.15, 0.2) is 0 Å². The number of benzene rings is 2. The second-order valence-corrected chi connectivity index (χ2v) is 8.34. The first-order valence-electron chi connectivity index (χ1n) is 9.80. The molecule has 0 aromatic heterocycles. The molecule has 28 heavy (non-hydrogen) atoms. The molecule has 0 aliphatic heterocycles. The molecule has 1 atom stereocenters. The number of nitrogens with one attached hydrogen (secondary N) is 3. The van der Waals surface area contributed by atoms with Crippen molar-refractivity contribution < 1.29 is 4.79 Å². The van der Waals surface area contributed by atoms with Crippen LogP contribution < -0.4 is 16.0 Å². The van der Waals surface area contributed by atoms with Crippen molar-refractivity contribution in [3.8, 4) is 0 Å². The van der Waals surface area contributed by atoms with Crippen LogP contribution in [0.15, 0.2) is 42.5 Å². The molecule has 0 bridgehead atoms. The number of carbonyl (C=O) groups excluding carboxylic acids is 1. The summed E-state index contributed by atoms with van der Waals surface area (Å²) in [4.78, 5) is 12.3. The number of amides is 2. The lowest BCUT2D eigenvalue weighted by atomic mass is 9.91. The number of hydrogen-bond acceptors (Lipinski definition) is 2. The van der Waals surface area contributed by atoms with Crippen molar-refractivity contribution in [3.63, 3.8) is 0 Å². The van der Waals surface area contributed by atoms with E-state index in [9.17, 15) is 4.79 Å². The zero-order valence-corrected chi connectivity index (χ0v) is 17.6. The van der Waals surface area contributed by atoms with Crippen LogP contribution in [-0.4, -0.2) is 25.2 Å². The standard InChI is InChI=1S/C22H27Cl2N3O/c1-15-5-7-16(8-6-15)17(9-10-25-20-3-2-4-20)14-26-22(28)27-21-12-18(23)11-19(24)13-21/h5-8,11-13,17,20,25H,2-4,9-10,14H2,1H3,(H2,26,27,28). The molecule has 150 valence electrons. The van der Waals surface area contributed by atoms with Gasteiger partial charge in [-0.05, 0) is 56.5 Å². The zero-order chi connectivity index (χ0) is 19.9. The Morgan fingerprint density at radius 1 is 1.11 bits per heavy atom. The molecule has 0 radical (unpaired) electrons. The Hall–Kier alpha value is -1.75. The van der Waals surface area contributed by atoms with Gasteiger partial charge in [0.25, 0.3) is 0 Å². The smallest absolute Gasteiger partial charge is 0.319 e. The summed E-state index contributed by atoms with van der Waals surface area (Å²) >= 11 is 12.0. The molecule has 1 unspecified atom stereocenters. The first-order valence-corrected chi connectivity index (χ1v) is 10.6. The van der Waals surface area contributed by atoms with Crippen LogP contribution >= 0.6 is 23.2 Å². The van der Waals surface area contributed by atoms with Gasteiger partial charge in [-0.1, -0.05) is 59.5 Å². The summed E-state index contributed by atoms with van der Waals surface area (Å²) in [5.74, 6) is 0.252. The van der Waals surface area contributed by atoms with Gasteiger partial charge in [-0.2, -0.15) is 0 Å². The van der Waals surface area contributed by atoms with Crippen molar-refractivity contribution in [3.05, 3.63) is 63.6 Å². The first-order chi connectivity index (χ1) is 13.5. The molecule has 4 nitrogen and oxygen atoms in total. The van der Waals surface area contributed by atoms with Gasteiger partial charge >= 0.3 is 6.03 Å². The third kappa shape index (κ3) is 6.40. The summed E-state index contributed by atoms with van der Waals surface area (Å²) in [6.07, 6.45) is 4.85. The lowest BCUT2D eigenvalue weighted by Crippen LogP contribution is -2.37. The van der Waals surface area contributed by atoms with Crippen LogP contribution in [0.3, 0.4) is 0 Å². The van der Waals surface area contributed by atoms with E-state index in [0.717, 1.165) is 13.0 Å². The highest BCUT2D eigenvalue weighted by atomic mass is 35.5. The molecule has 3 N–H and O–H groups in total. The fraction of sp³-hybridized carbons (Fsp3) is 0.409. The predicted molar refractivity (Wildman–Crippen MR) is 118 cm³/mol. The molecule has 1 aliphatic rings. The monoisotopic (exact) mass is 419 g/mol. The normalized spacial score (nSPS) is 15.0. The topological polar surface area (TPSA) is 53.2 Å². The molecule has 1 fully saturated rings. The van der Waals surface area contributed by atoms with Crippen LogP contribution in [0.2, 0.25) is 10.0 Å². The van der Waals surface area contributed by atoms with Crippen molar-refractivity contribution in [2.75, 3.05) is 18.4 Å². The molecule has 0 spiro atoms. The second-order valence-electron chi connectivity index (χ2n) is 7.47. The highest BCUT2D eigenvalue weighted by Gasteiger charge is 2.18. The summed E-state index contributed by atoms with van der Waals surface area (Å²) < 4.78 is 0. The molecule has 3 rings (SSSR count). The third-order valence-corrected chi connectivity index (χ3v) is 5.65. The Balaban J connectivity index is 1.56. The number of anilines is 1. The van der Waals surface area contributed by atoms with Gasteiger partial charge in [-0.25, -0.2) is 4.79 Å². The summed E-state index contributed by atoms with van der Waals surface area (Å²) in [7, 11) is 0. The number of aryl methyl sites for hydroxylation is 1. The van der Waals surface area contributed by atoms with Crippen molar-refractivity contribution in [1.82, 2.24) is 10.6 Å². The highest BCUT2D eigenvalue weighted by Crippen LogP contribution is 2.23. The summed E-state index contributed by atoms with van der Waals surface area (Å²) in [5.41, 5.74) is 3.05. The van der Waals surface area contributed by atoms with E-state index in [2.05, 4.69) is 47.1 Å². The predicted octanol–water partition coefficient (Wildman–Crippen LogP) is 5.74. The van der Waals surface area contributed by atoms with Crippen molar-refractivity contribution >= 4 is 34.9 Å². The van der Waals surface area contributed by atoms with Gasteiger partial charge in [0.1, 0.15) is 0 Å². The molecule has 2 aromatic carbocycles. The Morgan fingerprint density at radius 2 is 1.79 bits per heavy atom. The van der Waals surface area contributed by atoms with Crippen LogP contribution in [0.4, 0.5) is 10.5 Å². The number of hydrogen-bond donors (Lipinski definition) is 3. The van der Waals surface area contributed by atoms with E-state index in [4.69, 9.17) is 23.2 Å². The second kappa shape index (κ2) is 10.1. The fourth-order valence-electron chi connectivity index (χ4n) is 3.32. The number of halogens is 2. The van der Waals surface area contributed by atoms with E-state index in [1.54, 1.807) is 18.2 Å². The van der Waals surface area contributed by atoms with Crippen molar-refractivity contribution in [2.45, 2.75) is 44.6 Å². The van der Waals surface area contributed by atoms with Crippen molar-refractivity contribution in [2.24, 2.45) is 0 Å².